The van der Waals surface area contributed by atoms with Gasteiger partial charge in [-0.1, -0.05) is 30.3 Å². The summed E-state index contributed by atoms with van der Waals surface area (Å²) >= 11 is 0. The maximum atomic E-state index is 12.3. The largest absolute Gasteiger partial charge is 0.382 e. The Hall–Kier alpha value is -2.43. The van der Waals surface area contributed by atoms with E-state index in [9.17, 15) is 4.79 Å². The first-order valence-corrected chi connectivity index (χ1v) is 6.11. The first kappa shape index (κ1) is 13.0. The van der Waals surface area contributed by atoms with Crippen LogP contribution in [0.4, 0.5) is 5.82 Å². The number of rotatable bonds is 4. The Balaban J connectivity index is 2.16. The molecule has 0 bridgehead atoms. The normalized spacial score (nSPS) is 10.2. The van der Waals surface area contributed by atoms with E-state index in [-0.39, 0.29) is 17.4 Å². The van der Waals surface area contributed by atoms with E-state index in [2.05, 4.69) is 9.97 Å². The van der Waals surface area contributed by atoms with Crippen LogP contribution in [0.1, 0.15) is 23.0 Å². The van der Waals surface area contributed by atoms with Gasteiger partial charge in [0.15, 0.2) is 0 Å². The number of carbonyl (C=O) groups excluding carboxylic acids is 1. The molecule has 1 aromatic carbocycles. The van der Waals surface area contributed by atoms with Gasteiger partial charge in [-0.15, -0.1) is 0 Å². The number of hydrogen-bond donors (Lipinski definition) is 1. The molecule has 0 aliphatic rings. The summed E-state index contributed by atoms with van der Waals surface area (Å²) < 4.78 is 0. The van der Waals surface area contributed by atoms with Gasteiger partial charge in [-0.05, 0) is 12.5 Å². The predicted octanol–water partition coefficient (Wildman–Crippen LogP) is 1.72. The fourth-order valence-corrected chi connectivity index (χ4v) is 1.78. The van der Waals surface area contributed by atoms with Crippen molar-refractivity contribution in [1.29, 1.82) is 0 Å². The van der Waals surface area contributed by atoms with Gasteiger partial charge in [0.25, 0.3) is 5.91 Å². The highest BCUT2D eigenvalue weighted by atomic mass is 16.2. The van der Waals surface area contributed by atoms with E-state index < -0.39 is 0 Å². The van der Waals surface area contributed by atoms with Crippen molar-refractivity contribution in [1.82, 2.24) is 14.9 Å². The van der Waals surface area contributed by atoms with E-state index >= 15 is 0 Å². The molecule has 2 rings (SSSR count). The van der Waals surface area contributed by atoms with Crippen LogP contribution in [0, 0.1) is 0 Å². The third kappa shape index (κ3) is 3.28. The lowest BCUT2D eigenvalue weighted by atomic mass is 10.2. The number of carbonyl (C=O) groups is 1. The van der Waals surface area contributed by atoms with Crippen LogP contribution in [0.15, 0.2) is 42.7 Å². The standard InChI is InChI=1S/C14H16N4O/c1-2-18(10-11-6-4-3-5-7-11)14(19)12-8-16-9-13(15)17-12/h3-9H,2,10H2,1H3,(H2,15,17). The summed E-state index contributed by atoms with van der Waals surface area (Å²) in [4.78, 5) is 21.9. The van der Waals surface area contributed by atoms with Gasteiger partial charge in [0.05, 0.1) is 12.4 Å². The monoisotopic (exact) mass is 256 g/mol. The third-order valence-electron chi connectivity index (χ3n) is 2.76. The molecular formula is C14H16N4O. The first-order valence-electron chi connectivity index (χ1n) is 6.11. The van der Waals surface area contributed by atoms with Gasteiger partial charge in [-0.2, -0.15) is 0 Å². The molecule has 0 spiro atoms. The minimum atomic E-state index is -0.161. The van der Waals surface area contributed by atoms with E-state index in [1.165, 1.54) is 12.4 Å². The Labute approximate surface area is 112 Å². The molecule has 1 amide bonds. The number of benzene rings is 1. The highest BCUT2D eigenvalue weighted by molar-refractivity contribution is 5.92. The molecule has 0 atom stereocenters. The number of amides is 1. The molecule has 5 heteroatoms. The average Bonchev–Trinajstić information content (AvgIpc) is 2.45. The summed E-state index contributed by atoms with van der Waals surface area (Å²) in [6.07, 6.45) is 2.86. The maximum absolute atomic E-state index is 12.3. The second-order valence-electron chi connectivity index (χ2n) is 4.13. The van der Waals surface area contributed by atoms with Crippen molar-refractivity contribution in [2.75, 3.05) is 12.3 Å². The van der Waals surface area contributed by atoms with Crippen LogP contribution in [0.25, 0.3) is 0 Å². The fraction of sp³-hybridized carbons (Fsp3) is 0.214. The highest BCUT2D eigenvalue weighted by Gasteiger charge is 2.16. The van der Waals surface area contributed by atoms with Gasteiger partial charge in [-0.25, -0.2) is 4.98 Å². The molecule has 0 saturated heterocycles. The van der Waals surface area contributed by atoms with Gasteiger partial charge >= 0.3 is 0 Å². The van der Waals surface area contributed by atoms with Gasteiger partial charge in [0.1, 0.15) is 11.5 Å². The van der Waals surface area contributed by atoms with Crippen molar-refractivity contribution in [2.45, 2.75) is 13.5 Å². The number of aromatic nitrogens is 2. The minimum Gasteiger partial charge on any atom is -0.382 e. The summed E-state index contributed by atoms with van der Waals surface area (Å²) in [6, 6.07) is 9.83. The van der Waals surface area contributed by atoms with Crippen molar-refractivity contribution in [3.8, 4) is 0 Å². The van der Waals surface area contributed by atoms with E-state index in [4.69, 9.17) is 5.73 Å². The average molecular weight is 256 g/mol. The minimum absolute atomic E-state index is 0.161. The summed E-state index contributed by atoms with van der Waals surface area (Å²) in [6.45, 7) is 3.08. The van der Waals surface area contributed by atoms with Crippen molar-refractivity contribution in [3.63, 3.8) is 0 Å². The molecule has 0 radical (unpaired) electrons. The molecule has 2 N–H and O–H groups in total. The highest BCUT2D eigenvalue weighted by Crippen LogP contribution is 2.08. The van der Waals surface area contributed by atoms with Crippen LogP contribution in [-0.4, -0.2) is 27.3 Å². The molecule has 0 saturated carbocycles. The molecular weight excluding hydrogens is 240 g/mol. The van der Waals surface area contributed by atoms with Crippen LogP contribution in [0.5, 0.6) is 0 Å². The van der Waals surface area contributed by atoms with Gasteiger partial charge in [0, 0.05) is 13.1 Å². The number of hydrogen-bond acceptors (Lipinski definition) is 4. The lowest BCUT2D eigenvalue weighted by Crippen LogP contribution is -2.31. The Bertz CT molecular complexity index is 556. The number of nitrogen functional groups attached to an aromatic ring is 1. The molecule has 5 nitrogen and oxygen atoms in total. The zero-order valence-electron chi connectivity index (χ0n) is 10.8. The lowest BCUT2D eigenvalue weighted by Gasteiger charge is -2.20. The smallest absolute Gasteiger partial charge is 0.274 e. The van der Waals surface area contributed by atoms with E-state index in [1.807, 2.05) is 37.3 Å². The Morgan fingerprint density at radius 1 is 1.26 bits per heavy atom. The Morgan fingerprint density at radius 2 is 2.00 bits per heavy atom. The zero-order valence-corrected chi connectivity index (χ0v) is 10.8. The van der Waals surface area contributed by atoms with Gasteiger partial charge < -0.3 is 10.6 Å². The van der Waals surface area contributed by atoms with E-state index in [0.717, 1.165) is 5.56 Å². The zero-order chi connectivity index (χ0) is 13.7. The molecule has 1 aromatic heterocycles. The number of anilines is 1. The predicted molar refractivity (Wildman–Crippen MR) is 73.3 cm³/mol. The second-order valence-corrected chi connectivity index (χ2v) is 4.13. The fourth-order valence-electron chi connectivity index (χ4n) is 1.78. The quantitative estimate of drug-likeness (QED) is 0.904. The van der Waals surface area contributed by atoms with Crippen LogP contribution in [0.3, 0.4) is 0 Å². The van der Waals surface area contributed by atoms with Gasteiger partial charge in [-0.3, -0.25) is 9.78 Å². The number of nitrogens with two attached hydrogens (primary N) is 1. The molecule has 0 fully saturated rings. The van der Waals surface area contributed by atoms with E-state index in [0.29, 0.717) is 13.1 Å². The molecule has 0 aliphatic heterocycles. The van der Waals surface area contributed by atoms with Crippen molar-refractivity contribution < 1.29 is 4.79 Å². The second kappa shape index (κ2) is 5.95. The maximum Gasteiger partial charge on any atom is 0.274 e. The first-order chi connectivity index (χ1) is 9.20. The lowest BCUT2D eigenvalue weighted by molar-refractivity contribution is 0.0746. The van der Waals surface area contributed by atoms with Crippen molar-refractivity contribution >= 4 is 11.7 Å². The van der Waals surface area contributed by atoms with Gasteiger partial charge in [0.2, 0.25) is 0 Å². The Kier molecular flexibility index (Phi) is 4.07. The molecule has 2 aromatic rings. The summed E-state index contributed by atoms with van der Waals surface area (Å²) in [5, 5.41) is 0. The van der Waals surface area contributed by atoms with Crippen molar-refractivity contribution in [2.24, 2.45) is 0 Å². The topological polar surface area (TPSA) is 72.1 Å². The van der Waals surface area contributed by atoms with Crippen LogP contribution in [-0.2, 0) is 6.54 Å². The number of nitrogens with zero attached hydrogens (tertiary/aromatic N) is 3. The van der Waals surface area contributed by atoms with Crippen LogP contribution < -0.4 is 5.73 Å². The van der Waals surface area contributed by atoms with Crippen LogP contribution >= 0.6 is 0 Å². The molecule has 0 unspecified atom stereocenters. The molecule has 98 valence electrons. The summed E-state index contributed by atoms with van der Waals surface area (Å²) in [5.41, 5.74) is 6.90. The van der Waals surface area contributed by atoms with E-state index in [1.54, 1.807) is 4.90 Å². The third-order valence-corrected chi connectivity index (χ3v) is 2.76. The van der Waals surface area contributed by atoms with Crippen LogP contribution in [0.2, 0.25) is 0 Å². The molecule has 0 aliphatic carbocycles. The molecule has 1 heterocycles. The Morgan fingerprint density at radius 3 is 2.63 bits per heavy atom. The summed E-state index contributed by atoms with van der Waals surface area (Å²) in [7, 11) is 0. The SMILES string of the molecule is CCN(Cc1ccccc1)C(=O)c1cncc(N)n1. The van der Waals surface area contributed by atoms with Crippen molar-refractivity contribution in [3.05, 3.63) is 54.0 Å². The molecule has 19 heavy (non-hydrogen) atoms. The summed E-state index contributed by atoms with van der Waals surface area (Å²) in [5.74, 6) is 0.0905.